The van der Waals surface area contributed by atoms with E-state index >= 15 is 0 Å². The molecule has 1 aliphatic rings. The van der Waals surface area contributed by atoms with E-state index in [2.05, 4.69) is 20.4 Å². The average Bonchev–Trinajstić information content (AvgIpc) is 3.52. The van der Waals surface area contributed by atoms with Crippen LogP contribution in [0.3, 0.4) is 0 Å². The Balaban J connectivity index is 1.57. The summed E-state index contributed by atoms with van der Waals surface area (Å²) in [4.78, 5) is 21.3. The Morgan fingerprint density at radius 2 is 2.12 bits per heavy atom. The smallest absolute Gasteiger partial charge is 0.247 e. The van der Waals surface area contributed by atoms with Gasteiger partial charge in [-0.05, 0) is 37.8 Å². The highest BCUT2D eigenvalue weighted by molar-refractivity contribution is 6.30. The van der Waals surface area contributed by atoms with E-state index in [0.29, 0.717) is 34.8 Å². The van der Waals surface area contributed by atoms with Crippen LogP contribution < -0.4 is 10.1 Å². The lowest BCUT2D eigenvalue weighted by atomic mass is 9.97. The monoisotopic (exact) mass is 453 g/mol. The molecular formula is C22H20ClN5O4. The Bertz CT molecular complexity index is 1150. The second-order valence-corrected chi connectivity index (χ2v) is 7.98. The van der Waals surface area contributed by atoms with Crippen molar-refractivity contribution in [3.05, 3.63) is 53.0 Å². The van der Waals surface area contributed by atoms with Gasteiger partial charge in [0.1, 0.15) is 17.6 Å². The van der Waals surface area contributed by atoms with Crippen molar-refractivity contribution in [2.45, 2.75) is 25.9 Å². The predicted octanol–water partition coefficient (Wildman–Crippen LogP) is 3.69. The number of aliphatic hydroxyl groups excluding tert-OH is 1. The van der Waals surface area contributed by atoms with Gasteiger partial charge in [-0.15, -0.1) is 0 Å². The van der Waals surface area contributed by atoms with Crippen molar-refractivity contribution in [3.8, 4) is 23.1 Å². The summed E-state index contributed by atoms with van der Waals surface area (Å²) in [6.07, 6.45) is 3.61. The molecule has 0 bridgehead atoms. The molecule has 9 nitrogen and oxygen atoms in total. The number of halogens is 1. The minimum absolute atomic E-state index is 0.0202. The van der Waals surface area contributed by atoms with Crippen LogP contribution in [0.4, 0.5) is 5.95 Å². The molecular weight excluding hydrogens is 434 g/mol. The lowest BCUT2D eigenvalue weighted by Crippen LogP contribution is -2.28. The van der Waals surface area contributed by atoms with Crippen molar-refractivity contribution in [2.75, 3.05) is 11.9 Å². The summed E-state index contributed by atoms with van der Waals surface area (Å²) < 4.78 is 10.8. The van der Waals surface area contributed by atoms with Crippen LogP contribution in [-0.2, 0) is 4.79 Å². The fraction of sp³-hybridized carbons (Fsp3) is 0.318. The van der Waals surface area contributed by atoms with Gasteiger partial charge in [-0.25, -0.2) is 9.97 Å². The Morgan fingerprint density at radius 3 is 2.75 bits per heavy atom. The number of nitriles is 1. The number of hydrogen-bond acceptors (Lipinski definition) is 8. The summed E-state index contributed by atoms with van der Waals surface area (Å²) in [5.41, 5.74) is 1.48. The van der Waals surface area contributed by atoms with E-state index in [0.717, 1.165) is 18.4 Å². The highest BCUT2D eigenvalue weighted by Crippen LogP contribution is 2.33. The van der Waals surface area contributed by atoms with Crippen LogP contribution in [0.25, 0.3) is 11.3 Å². The number of hydrogen-bond donors (Lipinski definition) is 2. The summed E-state index contributed by atoms with van der Waals surface area (Å²) in [5.74, 6) is -0.853. The standard InChI is InChI=1S/C22H20ClN5O4/c1-12-17(9-26-32-12)20(29)16(8-24)21(30)28-22-25-10-18(31-11-13-2-3-13)19(27-22)14-4-6-15(23)7-5-14/h4-7,9-10,13,16,20,29H,2-3,11H2,1H3,(H,25,27,28,30). The van der Waals surface area contributed by atoms with Gasteiger partial charge < -0.3 is 14.4 Å². The summed E-state index contributed by atoms with van der Waals surface area (Å²) >= 11 is 6.00. The van der Waals surface area contributed by atoms with Crippen LogP contribution in [-0.4, -0.2) is 32.7 Å². The number of aromatic nitrogens is 3. The predicted molar refractivity (Wildman–Crippen MR) is 115 cm³/mol. The molecule has 0 spiro atoms. The molecule has 1 saturated carbocycles. The minimum Gasteiger partial charge on any atom is -0.489 e. The second-order valence-electron chi connectivity index (χ2n) is 7.55. The summed E-state index contributed by atoms with van der Waals surface area (Å²) in [5, 5.41) is 26.6. The number of ether oxygens (including phenoxy) is 1. The van der Waals surface area contributed by atoms with Crippen LogP contribution in [0.5, 0.6) is 5.75 Å². The summed E-state index contributed by atoms with van der Waals surface area (Å²) in [6, 6.07) is 8.85. The van der Waals surface area contributed by atoms with Crippen molar-refractivity contribution < 1.29 is 19.2 Å². The van der Waals surface area contributed by atoms with E-state index in [4.69, 9.17) is 20.9 Å². The first kappa shape index (κ1) is 21.7. The second kappa shape index (κ2) is 9.34. The third kappa shape index (κ3) is 4.88. The van der Waals surface area contributed by atoms with Crippen molar-refractivity contribution in [1.29, 1.82) is 5.26 Å². The third-order valence-corrected chi connectivity index (χ3v) is 5.38. The van der Waals surface area contributed by atoms with Crippen LogP contribution in [0.1, 0.15) is 30.3 Å². The van der Waals surface area contributed by atoms with Gasteiger partial charge in [0.25, 0.3) is 0 Å². The maximum atomic E-state index is 12.7. The molecule has 3 aromatic rings. The van der Waals surface area contributed by atoms with E-state index in [-0.39, 0.29) is 11.5 Å². The number of rotatable bonds is 8. The zero-order valence-electron chi connectivity index (χ0n) is 17.2. The molecule has 1 fully saturated rings. The Morgan fingerprint density at radius 1 is 1.38 bits per heavy atom. The lowest BCUT2D eigenvalue weighted by Gasteiger charge is -2.16. The van der Waals surface area contributed by atoms with Crippen LogP contribution in [0.15, 0.2) is 41.2 Å². The van der Waals surface area contributed by atoms with E-state index in [1.165, 1.54) is 12.4 Å². The van der Waals surface area contributed by atoms with Gasteiger partial charge in [-0.1, -0.05) is 28.9 Å². The highest BCUT2D eigenvalue weighted by atomic mass is 35.5. The SMILES string of the molecule is Cc1oncc1C(O)C(C#N)C(=O)Nc1ncc(OCC2CC2)c(-c2ccc(Cl)cc2)n1. The molecule has 4 rings (SSSR count). The number of carbonyl (C=O) groups excluding carboxylic acids is 1. The first-order chi connectivity index (χ1) is 15.5. The van der Waals surface area contributed by atoms with E-state index in [1.54, 1.807) is 31.2 Å². The number of anilines is 1. The third-order valence-electron chi connectivity index (χ3n) is 5.12. The number of carbonyl (C=O) groups is 1. The molecule has 2 aromatic heterocycles. The van der Waals surface area contributed by atoms with Crippen molar-refractivity contribution >= 4 is 23.5 Å². The molecule has 2 N–H and O–H groups in total. The maximum absolute atomic E-state index is 12.7. The molecule has 0 saturated heterocycles. The summed E-state index contributed by atoms with van der Waals surface area (Å²) in [7, 11) is 0. The fourth-order valence-electron chi connectivity index (χ4n) is 3.07. The molecule has 1 aromatic carbocycles. The zero-order valence-corrected chi connectivity index (χ0v) is 17.9. The highest BCUT2D eigenvalue weighted by Gasteiger charge is 2.31. The molecule has 2 heterocycles. The van der Waals surface area contributed by atoms with Gasteiger partial charge in [-0.3, -0.25) is 10.1 Å². The van der Waals surface area contributed by atoms with Crippen molar-refractivity contribution in [3.63, 3.8) is 0 Å². The average molecular weight is 454 g/mol. The maximum Gasteiger partial charge on any atom is 0.247 e. The number of nitrogens with zero attached hydrogens (tertiary/aromatic N) is 4. The molecule has 164 valence electrons. The van der Waals surface area contributed by atoms with E-state index < -0.39 is 17.9 Å². The molecule has 0 aliphatic heterocycles. The number of amides is 1. The largest absolute Gasteiger partial charge is 0.489 e. The normalized spacial score (nSPS) is 14.9. The first-order valence-corrected chi connectivity index (χ1v) is 10.4. The molecule has 1 aliphatic carbocycles. The number of nitrogens with one attached hydrogen (secondary N) is 1. The van der Waals surface area contributed by atoms with Crippen molar-refractivity contribution in [2.24, 2.45) is 11.8 Å². The van der Waals surface area contributed by atoms with Gasteiger partial charge in [0.2, 0.25) is 11.9 Å². The molecule has 2 atom stereocenters. The Kier molecular flexibility index (Phi) is 6.35. The minimum atomic E-state index is -1.42. The van der Waals surface area contributed by atoms with Gasteiger partial charge in [0.05, 0.1) is 25.1 Å². The van der Waals surface area contributed by atoms with Crippen LogP contribution in [0, 0.1) is 30.1 Å². The van der Waals surface area contributed by atoms with E-state index in [1.807, 2.05) is 6.07 Å². The zero-order chi connectivity index (χ0) is 22.7. The number of aryl methyl sites for hydroxylation is 1. The van der Waals surface area contributed by atoms with Gasteiger partial charge in [0, 0.05) is 16.1 Å². The molecule has 0 radical (unpaired) electrons. The van der Waals surface area contributed by atoms with Crippen molar-refractivity contribution in [1.82, 2.24) is 15.1 Å². The molecule has 10 heteroatoms. The van der Waals surface area contributed by atoms with Gasteiger partial charge in [-0.2, -0.15) is 5.26 Å². The molecule has 2 unspecified atom stereocenters. The Labute approximate surface area is 189 Å². The Hall–Kier alpha value is -3.48. The van der Waals surface area contributed by atoms with Crippen LogP contribution in [0.2, 0.25) is 5.02 Å². The number of benzene rings is 1. The topological polar surface area (TPSA) is 134 Å². The quantitative estimate of drug-likeness (QED) is 0.527. The first-order valence-electron chi connectivity index (χ1n) is 10.0. The molecule has 32 heavy (non-hydrogen) atoms. The van der Waals surface area contributed by atoms with Gasteiger partial charge in [0.15, 0.2) is 11.7 Å². The van der Waals surface area contributed by atoms with Crippen LogP contribution >= 0.6 is 11.6 Å². The van der Waals surface area contributed by atoms with E-state index in [9.17, 15) is 15.2 Å². The van der Waals surface area contributed by atoms with Gasteiger partial charge >= 0.3 is 0 Å². The fourth-order valence-corrected chi connectivity index (χ4v) is 3.20. The molecule has 1 amide bonds. The number of aliphatic hydroxyl groups is 1. The summed E-state index contributed by atoms with van der Waals surface area (Å²) in [6.45, 7) is 2.15. The lowest BCUT2D eigenvalue weighted by molar-refractivity contribution is -0.121.